The van der Waals surface area contributed by atoms with Crippen LogP contribution in [0.2, 0.25) is 0 Å². The molecule has 100 valence electrons. The standard InChI is InChI=1S/C13H21N3O2/c1-9-6-12(15(3)14-9)8-16-5-4-11(13(17)18)7-10(16)2/h6,10-11H,4-5,7-8H2,1-3H3,(H,17,18). The fraction of sp³-hybridized carbons (Fsp3) is 0.692. The highest BCUT2D eigenvalue weighted by Crippen LogP contribution is 2.24. The average molecular weight is 251 g/mol. The number of aromatic nitrogens is 2. The monoisotopic (exact) mass is 251 g/mol. The van der Waals surface area contributed by atoms with Crippen LogP contribution in [0.15, 0.2) is 6.07 Å². The van der Waals surface area contributed by atoms with Crippen LogP contribution in [0, 0.1) is 12.8 Å². The minimum absolute atomic E-state index is 0.176. The number of aliphatic carboxylic acids is 1. The molecule has 0 aromatic carbocycles. The van der Waals surface area contributed by atoms with Crippen LogP contribution in [-0.2, 0) is 18.4 Å². The van der Waals surface area contributed by atoms with Crippen molar-refractivity contribution >= 4 is 5.97 Å². The van der Waals surface area contributed by atoms with E-state index in [-0.39, 0.29) is 5.92 Å². The maximum absolute atomic E-state index is 11.0. The van der Waals surface area contributed by atoms with Crippen molar-refractivity contribution in [3.05, 3.63) is 17.5 Å². The number of hydrogen-bond acceptors (Lipinski definition) is 3. The van der Waals surface area contributed by atoms with E-state index in [1.54, 1.807) is 0 Å². The smallest absolute Gasteiger partial charge is 0.306 e. The molecule has 0 aliphatic carbocycles. The van der Waals surface area contributed by atoms with Gasteiger partial charge in [-0.25, -0.2) is 0 Å². The molecular weight excluding hydrogens is 230 g/mol. The molecular formula is C13H21N3O2. The van der Waals surface area contributed by atoms with E-state index >= 15 is 0 Å². The van der Waals surface area contributed by atoms with Gasteiger partial charge in [0.1, 0.15) is 0 Å². The second-order valence-electron chi connectivity index (χ2n) is 5.28. The fourth-order valence-corrected chi connectivity index (χ4v) is 2.70. The van der Waals surface area contributed by atoms with E-state index in [1.807, 2.05) is 18.7 Å². The van der Waals surface area contributed by atoms with Gasteiger partial charge in [-0.2, -0.15) is 5.10 Å². The summed E-state index contributed by atoms with van der Waals surface area (Å²) >= 11 is 0. The van der Waals surface area contributed by atoms with Crippen molar-refractivity contribution in [2.45, 2.75) is 39.3 Å². The van der Waals surface area contributed by atoms with E-state index in [9.17, 15) is 4.79 Å². The minimum Gasteiger partial charge on any atom is -0.481 e. The van der Waals surface area contributed by atoms with Crippen LogP contribution in [-0.4, -0.2) is 38.3 Å². The van der Waals surface area contributed by atoms with E-state index < -0.39 is 5.97 Å². The zero-order valence-corrected chi connectivity index (χ0v) is 11.3. The molecule has 5 heteroatoms. The van der Waals surface area contributed by atoms with Crippen LogP contribution in [0.3, 0.4) is 0 Å². The maximum Gasteiger partial charge on any atom is 0.306 e. The third kappa shape index (κ3) is 2.72. The van der Waals surface area contributed by atoms with Gasteiger partial charge in [-0.3, -0.25) is 14.4 Å². The first-order chi connectivity index (χ1) is 8.47. The van der Waals surface area contributed by atoms with Gasteiger partial charge in [-0.05, 0) is 39.3 Å². The molecule has 0 saturated carbocycles. The van der Waals surface area contributed by atoms with E-state index in [0.717, 1.165) is 31.6 Å². The quantitative estimate of drug-likeness (QED) is 0.882. The number of piperidine rings is 1. The van der Waals surface area contributed by atoms with Gasteiger partial charge < -0.3 is 5.11 Å². The van der Waals surface area contributed by atoms with Gasteiger partial charge in [-0.1, -0.05) is 0 Å². The summed E-state index contributed by atoms with van der Waals surface area (Å²) in [5.74, 6) is -0.831. The fourth-order valence-electron chi connectivity index (χ4n) is 2.70. The molecule has 2 heterocycles. The first-order valence-electron chi connectivity index (χ1n) is 6.43. The third-order valence-corrected chi connectivity index (χ3v) is 3.83. The van der Waals surface area contributed by atoms with Crippen molar-refractivity contribution in [2.24, 2.45) is 13.0 Å². The van der Waals surface area contributed by atoms with Gasteiger partial charge >= 0.3 is 5.97 Å². The van der Waals surface area contributed by atoms with Gasteiger partial charge in [-0.15, -0.1) is 0 Å². The molecule has 1 aromatic rings. The molecule has 5 nitrogen and oxygen atoms in total. The zero-order valence-electron chi connectivity index (χ0n) is 11.3. The average Bonchev–Trinajstić information content (AvgIpc) is 2.60. The first kappa shape index (κ1) is 13.1. The van der Waals surface area contributed by atoms with Gasteiger partial charge in [0.25, 0.3) is 0 Å². The predicted molar refractivity (Wildman–Crippen MR) is 68.2 cm³/mol. The van der Waals surface area contributed by atoms with E-state index in [0.29, 0.717) is 6.04 Å². The van der Waals surface area contributed by atoms with Crippen LogP contribution < -0.4 is 0 Å². The molecule has 0 radical (unpaired) electrons. The van der Waals surface area contributed by atoms with Gasteiger partial charge in [0, 0.05) is 19.6 Å². The number of aryl methyl sites for hydroxylation is 2. The summed E-state index contributed by atoms with van der Waals surface area (Å²) in [6.45, 7) is 5.80. The SMILES string of the molecule is Cc1cc(CN2CCC(C(=O)O)CC2C)n(C)n1. The summed E-state index contributed by atoms with van der Waals surface area (Å²) in [5.41, 5.74) is 2.22. The number of hydrogen-bond donors (Lipinski definition) is 1. The summed E-state index contributed by atoms with van der Waals surface area (Å²) < 4.78 is 1.91. The summed E-state index contributed by atoms with van der Waals surface area (Å²) in [4.78, 5) is 13.3. The van der Waals surface area contributed by atoms with Crippen LogP contribution in [0.5, 0.6) is 0 Å². The molecule has 1 fully saturated rings. The Labute approximate surface area is 107 Å². The molecule has 0 bridgehead atoms. The Balaban J connectivity index is 1.99. The van der Waals surface area contributed by atoms with Gasteiger partial charge in [0.05, 0.1) is 17.3 Å². The Morgan fingerprint density at radius 1 is 1.61 bits per heavy atom. The highest BCUT2D eigenvalue weighted by Gasteiger charge is 2.29. The molecule has 2 rings (SSSR count). The van der Waals surface area contributed by atoms with Crippen molar-refractivity contribution in [1.82, 2.24) is 14.7 Å². The first-order valence-corrected chi connectivity index (χ1v) is 6.43. The van der Waals surface area contributed by atoms with Gasteiger partial charge in [0.2, 0.25) is 0 Å². The number of carbonyl (C=O) groups is 1. The van der Waals surface area contributed by atoms with Crippen molar-refractivity contribution in [3.63, 3.8) is 0 Å². The summed E-state index contributed by atoms with van der Waals surface area (Å²) in [6, 6.07) is 2.41. The molecule has 0 spiro atoms. The Hall–Kier alpha value is -1.36. The Morgan fingerprint density at radius 2 is 2.33 bits per heavy atom. The summed E-state index contributed by atoms with van der Waals surface area (Å²) in [5, 5.41) is 13.4. The topological polar surface area (TPSA) is 58.4 Å². The number of likely N-dealkylation sites (tertiary alicyclic amines) is 1. The van der Waals surface area contributed by atoms with E-state index in [1.165, 1.54) is 5.69 Å². The molecule has 1 aliphatic heterocycles. The number of rotatable bonds is 3. The second-order valence-corrected chi connectivity index (χ2v) is 5.28. The normalized spacial score (nSPS) is 25.3. The van der Waals surface area contributed by atoms with Crippen LogP contribution in [0.1, 0.15) is 31.2 Å². The van der Waals surface area contributed by atoms with Crippen LogP contribution in [0.25, 0.3) is 0 Å². The van der Waals surface area contributed by atoms with Crippen LogP contribution in [0.4, 0.5) is 0 Å². The highest BCUT2D eigenvalue weighted by molar-refractivity contribution is 5.70. The maximum atomic E-state index is 11.0. The number of carboxylic acid groups (broad SMARTS) is 1. The van der Waals surface area contributed by atoms with Crippen LogP contribution >= 0.6 is 0 Å². The highest BCUT2D eigenvalue weighted by atomic mass is 16.4. The Morgan fingerprint density at radius 3 is 2.83 bits per heavy atom. The molecule has 2 unspecified atom stereocenters. The predicted octanol–water partition coefficient (Wildman–Crippen LogP) is 1.41. The molecule has 18 heavy (non-hydrogen) atoms. The van der Waals surface area contributed by atoms with Crippen molar-refractivity contribution in [2.75, 3.05) is 6.54 Å². The summed E-state index contributed by atoms with van der Waals surface area (Å²) in [7, 11) is 1.96. The van der Waals surface area contributed by atoms with E-state index in [4.69, 9.17) is 5.11 Å². The Bertz CT molecular complexity index is 441. The van der Waals surface area contributed by atoms with Crippen molar-refractivity contribution in [3.8, 4) is 0 Å². The zero-order chi connectivity index (χ0) is 13.3. The lowest BCUT2D eigenvalue weighted by Crippen LogP contribution is -2.42. The number of nitrogens with zero attached hydrogens (tertiary/aromatic N) is 3. The molecule has 1 aromatic heterocycles. The second kappa shape index (κ2) is 5.10. The molecule has 1 aliphatic rings. The summed E-state index contributed by atoms with van der Waals surface area (Å²) in [6.07, 6.45) is 1.49. The minimum atomic E-state index is -0.655. The lowest BCUT2D eigenvalue weighted by molar-refractivity contribution is -0.144. The van der Waals surface area contributed by atoms with E-state index in [2.05, 4.69) is 23.0 Å². The molecule has 2 atom stereocenters. The third-order valence-electron chi connectivity index (χ3n) is 3.83. The molecule has 1 N–H and O–H groups in total. The lowest BCUT2D eigenvalue weighted by Gasteiger charge is -2.36. The largest absolute Gasteiger partial charge is 0.481 e. The molecule has 0 amide bonds. The number of carboxylic acids is 1. The molecule has 1 saturated heterocycles. The Kier molecular flexibility index (Phi) is 3.71. The van der Waals surface area contributed by atoms with Crippen molar-refractivity contribution in [1.29, 1.82) is 0 Å². The van der Waals surface area contributed by atoms with Crippen molar-refractivity contribution < 1.29 is 9.90 Å². The lowest BCUT2D eigenvalue weighted by atomic mass is 9.91. The van der Waals surface area contributed by atoms with Gasteiger partial charge in [0.15, 0.2) is 0 Å².